The second kappa shape index (κ2) is 12.9. The molecule has 5 nitrogen and oxygen atoms in total. The number of hydrogen-bond donors (Lipinski definition) is 3. The van der Waals surface area contributed by atoms with Crippen LogP contribution in [0.25, 0.3) is 0 Å². The maximum absolute atomic E-state index is 12.0. The Kier molecular flexibility index (Phi) is 11.3. The molecule has 1 aromatic rings. The molecule has 0 atom stereocenters. The Hall–Kier alpha value is -1.31. The van der Waals surface area contributed by atoms with Crippen LogP contribution in [0.2, 0.25) is 0 Å². The van der Waals surface area contributed by atoms with E-state index in [1.165, 1.54) is 31.2 Å². The van der Waals surface area contributed by atoms with Gasteiger partial charge in [-0.05, 0) is 50.5 Å². The van der Waals surface area contributed by atoms with Gasteiger partial charge in [-0.3, -0.25) is 4.79 Å². The summed E-state index contributed by atoms with van der Waals surface area (Å²) in [5.41, 5.74) is 1.23. The van der Waals surface area contributed by atoms with Crippen LogP contribution in [0.3, 0.4) is 0 Å². The summed E-state index contributed by atoms with van der Waals surface area (Å²) in [4.78, 5) is 16.4. The number of nitrogens with one attached hydrogen (secondary N) is 3. The van der Waals surface area contributed by atoms with Crippen molar-refractivity contribution in [2.24, 2.45) is 10.9 Å². The Bertz CT molecular complexity index is 542. The van der Waals surface area contributed by atoms with Crippen LogP contribution in [0.1, 0.15) is 45.1 Å². The third-order valence-electron chi connectivity index (χ3n) is 4.66. The number of halogens is 1. The molecule has 0 unspecified atom stereocenters. The zero-order chi connectivity index (χ0) is 17.9. The van der Waals surface area contributed by atoms with Gasteiger partial charge < -0.3 is 16.0 Å². The van der Waals surface area contributed by atoms with Gasteiger partial charge in [0.1, 0.15) is 6.54 Å². The maximum atomic E-state index is 12.0. The molecule has 3 N–H and O–H groups in total. The second-order valence-electron chi connectivity index (χ2n) is 6.88. The lowest BCUT2D eigenvalue weighted by molar-refractivity contribution is -0.119. The van der Waals surface area contributed by atoms with E-state index in [9.17, 15) is 4.79 Å². The average Bonchev–Trinajstić information content (AvgIpc) is 2.63. The van der Waals surface area contributed by atoms with Crippen molar-refractivity contribution in [1.82, 2.24) is 16.0 Å². The van der Waals surface area contributed by atoms with Gasteiger partial charge in [-0.15, -0.1) is 24.0 Å². The summed E-state index contributed by atoms with van der Waals surface area (Å²) in [6.45, 7) is 5.95. The molecule has 1 aliphatic carbocycles. The van der Waals surface area contributed by atoms with Crippen molar-refractivity contribution in [2.75, 3.05) is 19.6 Å². The Morgan fingerprint density at radius 3 is 2.46 bits per heavy atom. The summed E-state index contributed by atoms with van der Waals surface area (Å²) in [6, 6.07) is 10.6. The zero-order valence-corrected chi connectivity index (χ0v) is 18.3. The molecule has 1 fully saturated rings. The summed E-state index contributed by atoms with van der Waals surface area (Å²) in [6.07, 6.45) is 5.71. The number of benzene rings is 1. The van der Waals surface area contributed by atoms with E-state index in [0.29, 0.717) is 12.6 Å². The molecule has 2 rings (SSSR count). The lowest BCUT2D eigenvalue weighted by Crippen LogP contribution is -2.45. The standard InChI is InChI=1S/C20H32N4O.HI/c1-3-21-20(24-18-11-9-16(2)10-12-18)23-15-19(25)22-14-13-17-7-5-4-6-8-17;/h4-8,16,18H,3,9-15H2,1-2H3,(H,22,25)(H2,21,23,24);1H. The second-order valence-corrected chi connectivity index (χ2v) is 6.88. The van der Waals surface area contributed by atoms with Crippen LogP contribution in [0.4, 0.5) is 0 Å². The molecular weight excluding hydrogens is 439 g/mol. The van der Waals surface area contributed by atoms with Gasteiger partial charge in [0.15, 0.2) is 5.96 Å². The molecular formula is C20H33IN4O. The van der Waals surface area contributed by atoms with Crippen molar-refractivity contribution < 1.29 is 4.79 Å². The molecule has 1 amide bonds. The molecule has 1 saturated carbocycles. The first-order chi connectivity index (χ1) is 12.2. The number of carbonyl (C=O) groups excluding carboxylic acids is 1. The van der Waals surface area contributed by atoms with Crippen molar-refractivity contribution in [2.45, 2.75) is 52.0 Å². The van der Waals surface area contributed by atoms with Crippen molar-refractivity contribution in [1.29, 1.82) is 0 Å². The highest BCUT2D eigenvalue weighted by molar-refractivity contribution is 14.0. The Morgan fingerprint density at radius 1 is 1.12 bits per heavy atom. The van der Waals surface area contributed by atoms with Crippen LogP contribution in [-0.2, 0) is 11.2 Å². The maximum Gasteiger partial charge on any atom is 0.241 e. The minimum absolute atomic E-state index is 0. The van der Waals surface area contributed by atoms with E-state index < -0.39 is 0 Å². The van der Waals surface area contributed by atoms with Crippen molar-refractivity contribution in [3.8, 4) is 0 Å². The third kappa shape index (κ3) is 8.87. The highest BCUT2D eigenvalue weighted by Gasteiger charge is 2.18. The van der Waals surface area contributed by atoms with E-state index >= 15 is 0 Å². The summed E-state index contributed by atoms with van der Waals surface area (Å²) >= 11 is 0. The first-order valence-electron chi connectivity index (χ1n) is 9.52. The highest BCUT2D eigenvalue weighted by Crippen LogP contribution is 2.23. The topological polar surface area (TPSA) is 65.5 Å². The van der Waals surface area contributed by atoms with E-state index in [4.69, 9.17) is 0 Å². The zero-order valence-electron chi connectivity index (χ0n) is 16.0. The summed E-state index contributed by atoms with van der Waals surface area (Å²) in [5, 5.41) is 9.65. The number of guanidine groups is 1. The summed E-state index contributed by atoms with van der Waals surface area (Å²) in [7, 11) is 0. The Labute approximate surface area is 174 Å². The first kappa shape index (κ1) is 22.7. The van der Waals surface area contributed by atoms with Gasteiger partial charge in [0.05, 0.1) is 0 Å². The van der Waals surface area contributed by atoms with Gasteiger partial charge in [-0.1, -0.05) is 37.3 Å². The third-order valence-corrected chi connectivity index (χ3v) is 4.66. The fourth-order valence-electron chi connectivity index (χ4n) is 3.12. The van der Waals surface area contributed by atoms with Gasteiger partial charge in [0.25, 0.3) is 0 Å². The van der Waals surface area contributed by atoms with Gasteiger partial charge in [-0.25, -0.2) is 4.99 Å². The van der Waals surface area contributed by atoms with E-state index in [2.05, 4.69) is 40.0 Å². The number of carbonyl (C=O) groups is 1. The number of nitrogens with zero attached hydrogens (tertiary/aromatic N) is 1. The molecule has 0 spiro atoms. The predicted octanol–water partition coefficient (Wildman–Crippen LogP) is 3.10. The molecule has 0 bridgehead atoms. The van der Waals surface area contributed by atoms with Gasteiger partial charge in [0.2, 0.25) is 5.91 Å². The number of hydrogen-bond acceptors (Lipinski definition) is 2. The molecule has 0 aliphatic heterocycles. The number of aliphatic imine (C=N–C) groups is 1. The SMILES string of the molecule is CCNC(=NCC(=O)NCCc1ccccc1)NC1CCC(C)CC1.I. The Balaban J connectivity index is 0.00000338. The molecule has 0 radical (unpaired) electrons. The molecule has 0 heterocycles. The Morgan fingerprint density at radius 2 is 1.81 bits per heavy atom. The van der Waals surface area contributed by atoms with E-state index in [1.807, 2.05) is 25.1 Å². The van der Waals surface area contributed by atoms with Gasteiger partial charge in [0, 0.05) is 19.1 Å². The average molecular weight is 472 g/mol. The lowest BCUT2D eigenvalue weighted by atomic mass is 9.87. The van der Waals surface area contributed by atoms with Crippen LogP contribution in [0.5, 0.6) is 0 Å². The minimum Gasteiger partial charge on any atom is -0.357 e. The summed E-state index contributed by atoms with van der Waals surface area (Å²) in [5.74, 6) is 1.54. The predicted molar refractivity (Wildman–Crippen MR) is 119 cm³/mol. The highest BCUT2D eigenvalue weighted by atomic mass is 127. The molecule has 1 aliphatic rings. The van der Waals surface area contributed by atoms with E-state index in [0.717, 1.165) is 24.8 Å². The smallest absolute Gasteiger partial charge is 0.241 e. The monoisotopic (exact) mass is 472 g/mol. The largest absolute Gasteiger partial charge is 0.357 e. The molecule has 146 valence electrons. The quantitative estimate of drug-likeness (QED) is 0.325. The van der Waals surface area contributed by atoms with Crippen molar-refractivity contribution in [3.63, 3.8) is 0 Å². The fraction of sp³-hybridized carbons (Fsp3) is 0.600. The van der Waals surface area contributed by atoms with Crippen LogP contribution in [-0.4, -0.2) is 37.5 Å². The van der Waals surface area contributed by atoms with Gasteiger partial charge in [-0.2, -0.15) is 0 Å². The normalized spacial score (nSPS) is 20.0. The number of amides is 1. The first-order valence-corrected chi connectivity index (χ1v) is 9.52. The van der Waals surface area contributed by atoms with E-state index in [-0.39, 0.29) is 36.4 Å². The minimum atomic E-state index is -0.0367. The molecule has 6 heteroatoms. The van der Waals surface area contributed by atoms with Crippen LogP contribution >= 0.6 is 24.0 Å². The lowest BCUT2D eigenvalue weighted by Gasteiger charge is -2.28. The van der Waals surface area contributed by atoms with Crippen molar-refractivity contribution in [3.05, 3.63) is 35.9 Å². The summed E-state index contributed by atoms with van der Waals surface area (Å²) < 4.78 is 0. The van der Waals surface area contributed by atoms with Crippen LogP contribution < -0.4 is 16.0 Å². The number of rotatable bonds is 7. The molecule has 26 heavy (non-hydrogen) atoms. The van der Waals surface area contributed by atoms with E-state index in [1.54, 1.807) is 0 Å². The van der Waals surface area contributed by atoms with Crippen LogP contribution in [0, 0.1) is 5.92 Å². The molecule has 1 aromatic carbocycles. The fourth-order valence-corrected chi connectivity index (χ4v) is 3.12. The van der Waals surface area contributed by atoms with Gasteiger partial charge >= 0.3 is 0 Å². The van der Waals surface area contributed by atoms with Crippen molar-refractivity contribution >= 4 is 35.8 Å². The molecule has 0 saturated heterocycles. The van der Waals surface area contributed by atoms with Crippen LogP contribution in [0.15, 0.2) is 35.3 Å². The molecule has 0 aromatic heterocycles.